The molecule has 3 N–H and O–H groups in total. The third-order valence-electron chi connectivity index (χ3n) is 1.25. The van der Waals surface area contributed by atoms with Crippen LogP contribution in [0.1, 0.15) is 11.4 Å². The van der Waals surface area contributed by atoms with Crippen LogP contribution in [0.2, 0.25) is 0 Å². The number of rotatable bonds is 2. The van der Waals surface area contributed by atoms with Gasteiger partial charge in [-0.1, -0.05) is 0 Å². The van der Waals surface area contributed by atoms with E-state index in [1.807, 2.05) is 6.92 Å². The lowest BCUT2D eigenvalue weighted by Gasteiger charge is -1.99. The molecule has 1 aromatic heterocycles. The molecule has 0 unspecified atom stereocenters. The molecule has 0 bridgehead atoms. The van der Waals surface area contributed by atoms with Crippen molar-refractivity contribution < 1.29 is 0 Å². The van der Waals surface area contributed by atoms with Crippen molar-refractivity contribution in [3.8, 4) is 0 Å². The summed E-state index contributed by atoms with van der Waals surface area (Å²) in [7, 11) is 0. The van der Waals surface area contributed by atoms with E-state index < -0.39 is 0 Å². The molecule has 0 spiro atoms. The molecule has 54 valence electrons. The summed E-state index contributed by atoms with van der Waals surface area (Å²) in [6.07, 6.45) is 3.31. The summed E-state index contributed by atoms with van der Waals surface area (Å²) in [5.74, 6) is 5.11. The first-order valence-electron chi connectivity index (χ1n) is 3.04. The number of aryl methyl sites for hydroxylation is 1. The molecule has 0 aromatic carbocycles. The van der Waals surface area contributed by atoms with Crippen molar-refractivity contribution in [2.24, 2.45) is 5.84 Å². The van der Waals surface area contributed by atoms with Crippen molar-refractivity contribution >= 4 is 0 Å². The molecule has 0 amide bonds. The van der Waals surface area contributed by atoms with E-state index in [0.717, 1.165) is 11.4 Å². The lowest BCUT2D eigenvalue weighted by atomic mass is 10.3. The Morgan fingerprint density at radius 2 is 2.20 bits per heavy atom. The molecule has 10 heavy (non-hydrogen) atoms. The molecule has 0 saturated carbocycles. The van der Waals surface area contributed by atoms with E-state index in [2.05, 4.69) is 15.4 Å². The zero-order valence-electron chi connectivity index (χ0n) is 5.83. The van der Waals surface area contributed by atoms with Crippen LogP contribution in [-0.4, -0.2) is 9.97 Å². The molecule has 0 fully saturated rings. The summed E-state index contributed by atoms with van der Waals surface area (Å²) in [6.45, 7) is 2.47. The fourth-order valence-electron chi connectivity index (χ4n) is 0.707. The predicted octanol–water partition coefficient (Wildman–Crippen LogP) is -0.252. The van der Waals surface area contributed by atoms with Crippen LogP contribution in [0.4, 0.5) is 0 Å². The van der Waals surface area contributed by atoms with Crippen molar-refractivity contribution in [3.05, 3.63) is 23.8 Å². The standard InChI is InChI=1S/C6H10N4/c1-5-6(4-10-7)9-3-2-8-5/h2-3,10H,4,7H2,1H3. The van der Waals surface area contributed by atoms with Gasteiger partial charge < -0.3 is 0 Å². The molecule has 0 aliphatic rings. The molecular formula is C6H10N4. The first kappa shape index (κ1) is 7.11. The van der Waals surface area contributed by atoms with Gasteiger partial charge in [0, 0.05) is 12.4 Å². The van der Waals surface area contributed by atoms with Gasteiger partial charge in [0.25, 0.3) is 0 Å². The third-order valence-corrected chi connectivity index (χ3v) is 1.25. The summed E-state index contributed by atoms with van der Waals surface area (Å²) in [5, 5.41) is 0. The van der Waals surface area contributed by atoms with Gasteiger partial charge in [-0.15, -0.1) is 0 Å². The fraction of sp³-hybridized carbons (Fsp3) is 0.333. The lowest BCUT2D eigenvalue weighted by Crippen LogP contribution is -2.22. The number of hydrogen-bond donors (Lipinski definition) is 2. The zero-order chi connectivity index (χ0) is 7.40. The summed E-state index contributed by atoms with van der Waals surface area (Å²) in [6, 6.07) is 0. The molecule has 0 aliphatic heterocycles. The topological polar surface area (TPSA) is 63.8 Å². The van der Waals surface area contributed by atoms with Crippen molar-refractivity contribution in [2.75, 3.05) is 0 Å². The second-order valence-corrected chi connectivity index (χ2v) is 1.97. The van der Waals surface area contributed by atoms with E-state index in [4.69, 9.17) is 5.84 Å². The van der Waals surface area contributed by atoms with Gasteiger partial charge in [-0.25, -0.2) is 0 Å². The highest BCUT2D eigenvalue weighted by Crippen LogP contribution is 1.96. The number of hydrogen-bond acceptors (Lipinski definition) is 4. The molecule has 0 aliphatic carbocycles. The average Bonchev–Trinajstić information content (AvgIpc) is 1.94. The lowest BCUT2D eigenvalue weighted by molar-refractivity contribution is 0.712. The van der Waals surface area contributed by atoms with Gasteiger partial charge >= 0.3 is 0 Å². The second kappa shape index (κ2) is 3.24. The Morgan fingerprint density at radius 1 is 1.50 bits per heavy atom. The van der Waals surface area contributed by atoms with Gasteiger partial charge in [0.05, 0.1) is 17.9 Å². The van der Waals surface area contributed by atoms with Gasteiger partial charge in [-0.3, -0.25) is 21.2 Å². The minimum absolute atomic E-state index is 0.569. The number of aromatic nitrogens is 2. The van der Waals surface area contributed by atoms with Gasteiger partial charge in [0.2, 0.25) is 0 Å². The monoisotopic (exact) mass is 138 g/mol. The van der Waals surface area contributed by atoms with E-state index >= 15 is 0 Å². The van der Waals surface area contributed by atoms with Gasteiger partial charge in [0.1, 0.15) is 0 Å². The number of nitrogens with one attached hydrogen (secondary N) is 1. The third kappa shape index (κ3) is 1.49. The maximum Gasteiger partial charge on any atom is 0.0767 e. The number of nitrogens with zero attached hydrogens (tertiary/aromatic N) is 2. The molecular weight excluding hydrogens is 128 g/mol. The normalized spacial score (nSPS) is 9.80. The highest BCUT2D eigenvalue weighted by Gasteiger charge is 1.95. The Bertz CT molecular complexity index is 211. The minimum Gasteiger partial charge on any atom is -0.271 e. The quantitative estimate of drug-likeness (QED) is 0.437. The number of hydrazine groups is 1. The first-order chi connectivity index (χ1) is 4.84. The fourth-order valence-corrected chi connectivity index (χ4v) is 0.707. The summed E-state index contributed by atoms with van der Waals surface area (Å²) < 4.78 is 0. The van der Waals surface area contributed by atoms with Crippen LogP contribution in [0.3, 0.4) is 0 Å². The van der Waals surface area contributed by atoms with Gasteiger partial charge in [-0.05, 0) is 6.92 Å². The highest BCUT2D eigenvalue weighted by molar-refractivity contribution is 5.07. The summed E-state index contributed by atoms with van der Waals surface area (Å²) in [4.78, 5) is 8.10. The highest BCUT2D eigenvalue weighted by atomic mass is 15.2. The largest absolute Gasteiger partial charge is 0.271 e. The van der Waals surface area contributed by atoms with Crippen LogP contribution in [0.15, 0.2) is 12.4 Å². The first-order valence-corrected chi connectivity index (χ1v) is 3.04. The zero-order valence-corrected chi connectivity index (χ0v) is 5.83. The summed E-state index contributed by atoms with van der Waals surface area (Å²) in [5.41, 5.74) is 4.33. The van der Waals surface area contributed by atoms with Crippen LogP contribution in [0.25, 0.3) is 0 Å². The SMILES string of the molecule is Cc1nccnc1CNN. The van der Waals surface area contributed by atoms with Crippen LogP contribution in [-0.2, 0) is 6.54 Å². The second-order valence-electron chi connectivity index (χ2n) is 1.97. The van der Waals surface area contributed by atoms with Crippen LogP contribution in [0.5, 0.6) is 0 Å². The molecule has 0 saturated heterocycles. The van der Waals surface area contributed by atoms with Crippen LogP contribution in [0, 0.1) is 6.92 Å². The summed E-state index contributed by atoms with van der Waals surface area (Å²) >= 11 is 0. The van der Waals surface area contributed by atoms with Crippen LogP contribution >= 0.6 is 0 Å². The van der Waals surface area contributed by atoms with E-state index in [1.165, 1.54) is 0 Å². The van der Waals surface area contributed by atoms with Crippen molar-refractivity contribution in [2.45, 2.75) is 13.5 Å². The molecule has 4 nitrogen and oxygen atoms in total. The Labute approximate surface area is 59.5 Å². The maximum atomic E-state index is 5.11. The predicted molar refractivity (Wildman–Crippen MR) is 37.8 cm³/mol. The van der Waals surface area contributed by atoms with Crippen molar-refractivity contribution in [1.29, 1.82) is 0 Å². The molecule has 0 radical (unpaired) electrons. The Hall–Kier alpha value is -1.00. The number of nitrogens with two attached hydrogens (primary N) is 1. The Morgan fingerprint density at radius 3 is 2.80 bits per heavy atom. The molecule has 1 aromatic rings. The van der Waals surface area contributed by atoms with Crippen LogP contribution < -0.4 is 11.3 Å². The van der Waals surface area contributed by atoms with Crippen molar-refractivity contribution in [1.82, 2.24) is 15.4 Å². The molecule has 1 rings (SSSR count). The Balaban J connectivity index is 2.81. The van der Waals surface area contributed by atoms with E-state index in [9.17, 15) is 0 Å². The van der Waals surface area contributed by atoms with E-state index in [-0.39, 0.29) is 0 Å². The molecule has 1 heterocycles. The van der Waals surface area contributed by atoms with Crippen molar-refractivity contribution in [3.63, 3.8) is 0 Å². The average molecular weight is 138 g/mol. The van der Waals surface area contributed by atoms with Gasteiger partial charge in [0.15, 0.2) is 0 Å². The minimum atomic E-state index is 0.569. The maximum absolute atomic E-state index is 5.11. The van der Waals surface area contributed by atoms with Gasteiger partial charge in [-0.2, -0.15) is 0 Å². The smallest absolute Gasteiger partial charge is 0.0767 e. The van der Waals surface area contributed by atoms with E-state index in [0.29, 0.717) is 6.54 Å². The molecule has 0 atom stereocenters. The van der Waals surface area contributed by atoms with E-state index in [1.54, 1.807) is 12.4 Å². The molecule has 4 heteroatoms. The Kier molecular flexibility index (Phi) is 2.30.